The lowest BCUT2D eigenvalue weighted by Crippen LogP contribution is -2.40. The number of carbonyl (C=O) groups excluding carboxylic acids is 1. The van der Waals surface area contributed by atoms with Gasteiger partial charge in [0.05, 0.1) is 17.6 Å². The lowest BCUT2D eigenvalue weighted by Gasteiger charge is -2.20. The van der Waals surface area contributed by atoms with Crippen molar-refractivity contribution in [2.75, 3.05) is 6.54 Å². The van der Waals surface area contributed by atoms with Crippen molar-refractivity contribution in [2.24, 2.45) is 11.1 Å². The molecular formula is C13H18N6O. The van der Waals surface area contributed by atoms with Gasteiger partial charge in [-0.1, -0.05) is 18.2 Å². The summed E-state index contributed by atoms with van der Waals surface area (Å²) in [5.74, 6) is 0.337. The smallest absolute Gasteiger partial charge is 0.224 e. The molecule has 0 aliphatic heterocycles. The van der Waals surface area contributed by atoms with Gasteiger partial charge in [0.25, 0.3) is 0 Å². The zero-order valence-corrected chi connectivity index (χ0v) is 11.6. The van der Waals surface area contributed by atoms with Crippen LogP contribution in [0.1, 0.15) is 19.7 Å². The van der Waals surface area contributed by atoms with Crippen molar-refractivity contribution in [1.82, 2.24) is 25.5 Å². The van der Waals surface area contributed by atoms with E-state index in [4.69, 9.17) is 5.73 Å². The van der Waals surface area contributed by atoms with Gasteiger partial charge in [-0.05, 0) is 36.4 Å². The van der Waals surface area contributed by atoms with Crippen molar-refractivity contribution in [1.29, 1.82) is 0 Å². The molecule has 3 N–H and O–H groups in total. The number of carbonyl (C=O) groups is 1. The summed E-state index contributed by atoms with van der Waals surface area (Å²) in [6.07, 6.45) is 0. The number of benzene rings is 1. The number of nitrogens with two attached hydrogens (primary N) is 1. The molecule has 1 aromatic carbocycles. The molecule has 0 bridgehead atoms. The Balaban J connectivity index is 2.02. The molecule has 1 amide bonds. The SMILES string of the molecule is CC(C)(CNCc1nnnn1-c1ccccc1)C(N)=O. The standard InChI is InChI=1S/C13H18N6O/c1-13(2,12(14)20)9-15-8-11-16-17-18-19(11)10-6-4-3-5-7-10/h3-7,15H,8-9H2,1-2H3,(H2,14,20). The topological polar surface area (TPSA) is 98.7 Å². The molecule has 0 atom stereocenters. The maximum absolute atomic E-state index is 11.2. The van der Waals surface area contributed by atoms with E-state index >= 15 is 0 Å². The molecule has 1 heterocycles. The van der Waals surface area contributed by atoms with Gasteiger partial charge in [0.2, 0.25) is 5.91 Å². The minimum atomic E-state index is -0.606. The maximum Gasteiger partial charge on any atom is 0.224 e. The second-order valence-corrected chi connectivity index (χ2v) is 5.19. The molecule has 0 radical (unpaired) electrons. The Morgan fingerprint density at radius 3 is 2.70 bits per heavy atom. The average Bonchev–Trinajstić information content (AvgIpc) is 2.88. The number of aromatic nitrogens is 4. The molecule has 106 valence electrons. The van der Waals surface area contributed by atoms with E-state index < -0.39 is 5.41 Å². The summed E-state index contributed by atoms with van der Waals surface area (Å²) in [5.41, 5.74) is 5.61. The zero-order valence-electron chi connectivity index (χ0n) is 11.6. The minimum Gasteiger partial charge on any atom is -0.369 e. The Morgan fingerprint density at radius 1 is 1.35 bits per heavy atom. The average molecular weight is 274 g/mol. The van der Waals surface area contributed by atoms with Crippen LogP contribution in [0, 0.1) is 5.41 Å². The van der Waals surface area contributed by atoms with Crippen LogP contribution in [-0.4, -0.2) is 32.7 Å². The van der Waals surface area contributed by atoms with Crippen molar-refractivity contribution in [2.45, 2.75) is 20.4 Å². The number of tetrazole rings is 1. The highest BCUT2D eigenvalue weighted by Crippen LogP contribution is 2.12. The number of nitrogens with zero attached hydrogens (tertiary/aromatic N) is 4. The summed E-state index contributed by atoms with van der Waals surface area (Å²) in [6, 6.07) is 9.62. The molecule has 0 spiro atoms. The third kappa shape index (κ3) is 3.18. The molecule has 0 aliphatic rings. The molecule has 20 heavy (non-hydrogen) atoms. The van der Waals surface area contributed by atoms with Crippen LogP contribution in [0.4, 0.5) is 0 Å². The van der Waals surface area contributed by atoms with Crippen LogP contribution in [0.25, 0.3) is 5.69 Å². The van der Waals surface area contributed by atoms with Gasteiger partial charge in [0.15, 0.2) is 5.82 Å². The molecule has 7 nitrogen and oxygen atoms in total. The van der Waals surface area contributed by atoms with Crippen molar-refractivity contribution in [3.8, 4) is 5.69 Å². The summed E-state index contributed by atoms with van der Waals surface area (Å²) in [5, 5.41) is 14.8. The van der Waals surface area contributed by atoms with Gasteiger partial charge < -0.3 is 11.1 Å². The van der Waals surface area contributed by atoms with Crippen LogP contribution in [0.15, 0.2) is 30.3 Å². The van der Waals surface area contributed by atoms with Gasteiger partial charge in [-0.3, -0.25) is 4.79 Å². The van der Waals surface area contributed by atoms with E-state index in [2.05, 4.69) is 20.8 Å². The molecule has 0 saturated carbocycles. The van der Waals surface area contributed by atoms with Crippen LogP contribution >= 0.6 is 0 Å². The Bertz CT molecular complexity index is 578. The summed E-state index contributed by atoms with van der Waals surface area (Å²) in [4.78, 5) is 11.2. The molecule has 0 fully saturated rings. The van der Waals surface area contributed by atoms with Crippen molar-refractivity contribution >= 4 is 5.91 Å². The van der Waals surface area contributed by atoms with Gasteiger partial charge in [-0.15, -0.1) is 5.10 Å². The highest BCUT2D eigenvalue weighted by molar-refractivity contribution is 5.80. The summed E-state index contributed by atoms with van der Waals surface area (Å²) >= 11 is 0. The molecule has 0 aliphatic carbocycles. The van der Waals surface area contributed by atoms with E-state index in [9.17, 15) is 4.79 Å². The maximum atomic E-state index is 11.2. The molecule has 2 rings (SSSR count). The van der Waals surface area contributed by atoms with Gasteiger partial charge >= 0.3 is 0 Å². The lowest BCUT2D eigenvalue weighted by atomic mass is 9.93. The van der Waals surface area contributed by atoms with Crippen LogP contribution in [0.3, 0.4) is 0 Å². The largest absolute Gasteiger partial charge is 0.369 e. The number of hydrogen-bond donors (Lipinski definition) is 2. The highest BCUT2D eigenvalue weighted by Gasteiger charge is 2.24. The Hall–Kier alpha value is -2.28. The van der Waals surface area contributed by atoms with E-state index in [1.807, 2.05) is 30.3 Å². The first-order chi connectivity index (χ1) is 9.50. The number of para-hydroxylation sites is 1. The van der Waals surface area contributed by atoms with Gasteiger partial charge in [-0.25, -0.2) is 0 Å². The predicted octanol–water partition coefficient (Wildman–Crippen LogP) is 0.263. The first-order valence-electron chi connectivity index (χ1n) is 6.34. The summed E-state index contributed by atoms with van der Waals surface area (Å²) in [7, 11) is 0. The van der Waals surface area contributed by atoms with Crippen LogP contribution in [-0.2, 0) is 11.3 Å². The quantitative estimate of drug-likeness (QED) is 0.787. The zero-order chi connectivity index (χ0) is 14.6. The van der Waals surface area contributed by atoms with E-state index in [-0.39, 0.29) is 5.91 Å². The van der Waals surface area contributed by atoms with Crippen molar-refractivity contribution in [3.05, 3.63) is 36.2 Å². The second kappa shape index (κ2) is 5.79. The third-order valence-electron chi connectivity index (χ3n) is 3.05. The van der Waals surface area contributed by atoms with Gasteiger partial charge in [-0.2, -0.15) is 4.68 Å². The Morgan fingerprint density at radius 2 is 2.05 bits per heavy atom. The number of hydrogen-bond acceptors (Lipinski definition) is 5. The minimum absolute atomic E-state index is 0.340. The highest BCUT2D eigenvalue weighted by atomic mass is 16.1. The first kappa shape index (κ1) is 14.1. The fraction of sp³-hybridized carbons (Fsp3) is 0.385. The number of nitrogens with one attached hydrogen (secondary N) is 1. The van der Waals surface area contributed by atoms with Gasteiger partial charge in [0.1, 0.15) is 0 Å². The molecule has 0 unspecified atom stereocenters. The predicted molar refractivity (Wildman–Crippen MR) is 73.8 cm³/mol. The van der Waals surface area contributed by atoms with Crippen molar-refractivity contribution < 1.29 is 4.79 Å². The van der Waals surface area contributed by atoms with E-state index in [1.165, 1.54) is 0 Å². The van der Waals surface area contributed by atoms with E-state index in [0.717, 1.165) is 5.69 Å². The van der Waals surface area contributed by atoms with Gasteiger partial charge in [0, 0.05) is 6.54 Å². The summed E-state index contributed by atoms with van der Waals surface area (Å²) < 4.78 is 1.66. The van der Waals surface area contributed by atoms with Crippen molar-refractivity contribution in [3.63, 3.8) is 0 Å². The summed E-state index contributed by atoms with van der Waals surface area (Å²) in [6.45, 7) is 4.51. The molecule has 2 aromatic rings. The third-order valence-corrected chi connectivity index (χ3v) is 3.05. The van der Waals surface area contributed by atoms with Crippen LogP contribution in [0.2, 0.25) is 0 Å². The second-order valence-electron chi connectivity index (χ2n) is 5.19. The Kier molecular flexibility index (Phi) is 4.09. The molecule has 1 aromatic heterocycles. The van der Waals surface area contributed by atoms with E-state index in [0.29, 0.717) is 18.9 Å². The lowest BCUT2D eigenvalue weighted by molar-refractivity contribution is -0.125. The molecule has 7 heteroatoms. The molecule has 0 saturated heterocycles. The first-order valence-corrected chi connectivity index (χ1v) is 6.34. The number of primary amides is 1. The van der Waals surface area contributed by atoms with Crippen LogP contribution < -0.4 is 11.1 Å². The number of rotatable bonds is 6. The Labute approximate surface area is 117 Å². The fourth-order valence-corrected chi connectivity index (χ4v) is 1.66. The van der Waals surface area contributed by atoms with E-state index in [1.54, 1.807) is 18.5 Å². The monoisotopic (exact) mass is 274 g/mol. The van der Waals surface area contributed by atoms with Crippen LogP contribution in [0.5, 0.6) is 0 Å². The fourth-order valence-electron chi connectivity index (χ4n) is 1.66. The normalized spacial score (nSPS) is 11.5. The number of amides is 1. The molecular weight excluding hydrogens is 256 g/mol.